The summed E-state index contributed by atoms with van der Waals surface area (Å²) in [5.41, 5.74) is 0.572. The zero-order chi connectivity index (χ0) is 12.7. The van der Waals surface area contributed by atoms with E-state index in [-0.39, 0.29) is 5.91 Å². The number of hydrogen-bond acceptors (Lipinski definition) is 3. The molecule has 0 aromatic carbocycles. The molecule has 0 radical (unpaired) electrons. The van der Waals surface area contributed by atoms with Crippen LogP contribution in [-0.2, 0) is 0 Å². The van der Waals surface area contributed by atoms with Gasteiger partial charge in [-0.1, -0.05) is 13.8 Å². The molecule has 0 aliphatic carbocycles. The zero-order valence-corrected chi connectivity index (χ0v) is 11.5. The number of amides is 1. The number of thiazole rings is 1. The number of rotatable bonds is 1. The summed E-state index contributed by atoms with van der Waals surface area (Å²) >= 11 is 1.55. The Morgan fingerprint density at radius 2 is 2.11 bits per heavy atom. The number of carbonyl (C=O) groups excluding carboxylic acids is 1. The largest absolute Gasteiger partial charge is 0.337 e. The van der Waals surface area contributed by atoms with Crippen LogP contribution in [0.2, 0.25) is 0 Å². The van der Waals surface area contributed by atoms with Gasteiger partial charge in [-0.3, -0.25) is 9.20 Å². The van der Waals surface area contributed by atoms with Crippen molar-refractivity contribution in [3.63, 3.8) is 0 Å². The van der Waals surface area contributed by atoms with E-state index < -0.39 is 0 Å². The van der Waals surface area contributed by atoms with E-state index >= 15 is 0 Å². The minimum absolute atomic E-state index is 0.0734. The van der Waals surface area contributed by atoms with Crippen molar-refractivity contribution in [2.45, 2.75) is 20.3 Å². The molecule has 3 heterocycles. The fourth-order valence-corrected chi connectivity index (χ4v) is 3.52. The van der Waals surface area contributed by atoms with E-state index in [0.717, 1.165) is 18.1 Å². The third-order valence-corrected chi connectivity index (χ3v) is 4.24. The highest BCUT2D eigenvalue weighted by atomic mass is 32.1. The van der Waals surface area contributed by atoms with Crippen molar-refractivity contribution in [3.8, 4) is 0 Å². The number of piperidine rings is 1. The first-order valence-corrected chi connectivity index (χ1v) is 7.23. The molecule has 4 nitrogen and oxygen atoms in total. The lowest BCUT2D eigenvalue weighted by Gasteiger charge is -2.34. The average molecular weight is 263 g/mol. The molecule has 2 unspecified atom stereocenters. The highest BCUT2D eigenvalue weighted by molar-refractivity contribution is 7.15. The molecule has 0 spiro atoms. The van der Waals surface area contributed by atoms with Gasteiger partial charge in [-0.2, -0.15) is 0 Å². The molecule has 1 amide bonds. The number of aromatic nitrogens is 2. The van der Waals surface area contributed by atoms with Crippen LogP contribution >= 0.6 is 11.3 Å². The number of likely N-dealkylation sites (tertiary alicyclic amines) is 1. The second-order valence-corrected chi connectivity index (χ2v) is 6.25. The lowest BCUT2D eigenvalue weighted by atomic mass is 9.92. The maximum absolute atomic E-state index is 12.4. The summed E-state index contributed by atoms with van der Waals surface area (Å²) < 4.78 is 1.91. The number of nitrogens with zero attached hydrogens (tertiary/aromatic N) is 3. The molecule has 96 valence electrons. The van der Waals surface area contributed by atoms with Crippen LogP contribution in [0.4, 0.5) is 0 Å². The second-order valence-electron chi connectivity index (χ2n) is 5.38. The number of hydrogen-bond donors (Lipinski definition) is 0. The standard InChI is InChI=1S/C13H17N3OS/c1-9-5-10(2)7-16(6-9)12(17)11-8-15-3-4-18-13(15)14-11/h3-4,8-10H,5-7H2,1-2H3. The highest BCUT2D eigenvalue weighted by Crippen LogP contribution is 2.22. The first-order valence-electron chi connectivity index (χ1n) is 6.35. The maximum Gasteiger partial charge on any atom is 0.274 e. The molecule has 1 saturated heterocycles. The monoisotopic (exact) mass is 263 g/mol. The molecule has 2 atom stereocenters. The Morgan fingerprint density at radius 3 is 2.78 bits per heavy atom. The fraction of sp³-hybridized carbons (Fsp3) is 0.538. The van der Waals surface area contributed by atoms with Crippen LogP contribution in [0.3, 0.4) is 0 Å². The van der Waals surface area contributed by atoms with Crippen molar-refractivity contribution in [1.29, 1.82) is 0 Å². The predicted molar refractivity (Wildman–Crippen MR) is 71.9 cm³/mol. The van der Waals surface area contributed by atoms with Gasteiger partial charge in [-0.25, -0.2) is 4.98 Å². The van der Waals surface area contributed by atoms with Crippen LogP contribution in [0.15, 0.2) is 17.8 Å². The molecule has 3 rings (SSSR count). The van der Waals surface area contributed by atoms with E-state index in [1.807, 2.05) is 27.1 Å². The summed E-state index contributed by atoms with van der Waals surface area (Å²) in [4.78, 5) is 19.6. The van der Waals surface area contributed by atoms with Gasteiger partial charge in [-0.05, 0) is 18.3 Å². The van der Waals surface area contributed by atoms with Gasteiger partial charge in [0.15, 0.2) is 4.96 Å². The smallest absolute Gasteiger partial charge is 0.274 e. The van der Waals surface area contributed by atoms with E-state index in [0.29, 0.717) is 17.5 Å². The van der Waals surface area contributed by atoms with Crippen LogP contribution in [-0.4, -0.2) is 33.3 Å². The van der Waals surface area contributed by atoms with E-state index in [1.54, 1.807) is 11.3 Å². The fourth-order valence-electron chi connectivity index (χ4n) is 2.82. The SMILES string of the molecule is CC1CC(C)CN(C(=O)c2cn3ccsc3n2)C1. The van der Waals surface area contributed by atoms with Crippen molar-refractivity contribution < 1.29 is 4.79 Å². The molecule has 1 aliphatic rings. The van der Waals surface area contributed by atoms with Crippen LogP contribution < -0.4 is 0 Å². The second kappa shape index (κ2) is 4.39. The molecule has 1 aliphatic heterocycles. The summed E-state index contributed by atoms with van der Waals surface area (Å²) in [6.45, 7) is 6.13. The molecule has 1 fully saturated rings. The quantitative estimate of drug-likeness (QED) is 0.793. The minimum Gasteiger partial charge on any atom is -0.337 e. The van der Waals surface area contributed by atoms with E-state index in [9.17, 15) is 4.79 Å². The summed E-state index contributed by atoms with van der Waals surface area (Å²) in [6, 6.07) is 0. The molecule has 2 aromatic rings. The Kier molecular flexibility index (Phi) is 2.86. The zero-order valence-electron chi connectivity index (χ0n) is 10.7. The molecule has 5 heteroatoms. The van der Waals surface area contributed by atoms with Crippen molar-refractivity contribution in [2.24, 2.45) is 11.8 Å². The van der Waals surface area contributed by atoms with Gasteiger partial charge in [0.2, 0.25) is 0 Å². The van der Waals surface area contributed by atoms with Gasteiger partial charge in [0, 0.05) is 30.9 Å². The minimum atomic E-state index is 0.0734. The van der Waals surface area contributed by atoms with E-state index in [1.165, 1.54) is 6.42 Å². The van der Waals surface area contributed by atoms with E-state index in [2.05, 4.69) is 18.8 Å². The maximum atomic E-state index is 12.4. The van der Waals surface area contributed by atoms with Gasteiger partial charge in [-0.15, -0.1) is 11.3 Å². The normalized spacial score (nSPS) is 24.7. The molecule has 0 bridgehead atoms. The highest BCUT2D eigenvalue weighted by Gasteiger charge is 2.27. The third kappa shape index (κ3) is 2.03. The first kappa shape index (κ1) is 11.7. The van der Waals surface area contributed by atoms with Crippen LogP contribution in [0.5, 0.6) is 0 Å². The van der Waals surface area contributed by atoms with Gasteiger partial charge in [0.25, 0.3) is 5.91 Å². The average Bonchev–Trinajstić information content (AvgIpc) is 2.86. The van der Waals surface area contributed by atoms with Crippen molar-refractivity contribution >= 4 is 22.2 Å². The van der Waals surface area contributed by atoms with Crippen LogP contribution in [0, 0.1) is 11.8 Å². The van der Waals surface area contributed by atoms with Crippen LogP contribution in [0.25, 0.3) is 4.96 Å². The van der Waals surface area contributed by atoms with Crippen molar-refractivity contribution in [2.75, 3.05) is 13.1 Å². The van der Waals surface area contributed by atoms with Crippen molar-refractivity contribution in [3.05, 3.63) is 23.5 Å². The molecular formula is C13H17N3OS. The summed E-state index contributed by atoms with van der Waals surface area (Å²) in [7, 11) is 0. The molecule has 0 saturated carbocycles. The Labute approximate surface area is 110 Å². The molecule has 18 heavy (non-hydrogen) atoms. The Bertz CT molecular complexity index is 535. The molecular weight excluding hydrogens is 246 g/mol. The Morgan fingerprint density at radius 1 is 1.39 bits per heavy atom. The Hall–Kier alpha value is -1.36. The van der Waals surface area contributed by atoms with E-state index in [4.69, 9.17) is 0 Å². The Balaban J connectivity index is 1.83. The summed E-state index contributed by atoms with van der Waals surface area (Å²) in [5.74, 6) is 1.24. The molecule has 2 aromatic heterocycles. The first-order chi connectivity index (χ1) is 8.63. The number of carbonyl (C=O) groups is 1. The van der Waals surface area contributed by atoms with Gasteiger partial charge in [0.05, 0.1) is 0 Å². The summed E-state index contributed by atoms with van der Waals surface area (Å²) in [5, 5.41) is 1.97. The lowest BCUT2D eigenvalue weighted by Crippen LogP contribution is -2.42. The lowest BCUT2D eigenvalue weighted by molar-refractivity contribution is 0.0618. The van der Waals surface area contributed by atoms with Gasteiger partial charge < -0.3 is 4.90 Å². The number of imidazole rings is 1. The van der Waals surface area contributed by atoms with Crippen molar-refractivity contribution in [1.82, 2.24) is 14.3 Å². The molecule has 0 N–H and O–H groups in total. The topological polar surface area (TPSA) is 37.6 Å². The van der Waals surface area contributed by atoms with Crippen LogP contribution in [0.1, 0.15) is 30.8 Å². The number of fused-ring (bicyclic) bond motifs is 1. The van der Waals surface area contributed by atoms with Gasteiger partial charge in [0.1, 0.15) is 5.69 Å². The predicted octanol–water partition coefficient (Wildman–Crippen LogP) is 2.51. The van der Waals surface area contributed by atoms with Gasteiger partial charge >= 0.3 is 0 Å². The third-order valence-electron chi connectivity index (χ3n) is 3.47. The summed E-state index contributed by atoms with van der Waals surface area (Å²) in [6.07, 6.45) is 4.98.